The summed E-state index contributed by atoms with van der Waals surface area (Å²) in [4.78, 5) is 13.7. The molecule has 1 amide bonds. The number of hydrogen-bond acceptors (Lipinski definition) is 3. The minimum Gasteiger partial charge on any atom is -0.326 e. The third kappa shape index (κ3) is 2.96. The minimum atomic E-state index is 0.134. The van der Waals surface area contributed by atoms with E-state index in [1.165, 1.54) is 11.1 Å². The number of carbonyl (C=O) groups excluding carboxylic acids is 1. The summed E-state index contributed by atoms with van der Waals surface area (Å²) in [7, 11) is 2.18. The average Bonchev–Trinajstić information content (AvgIpc) is 2.34. The molecule has 1 saturated heterocycles. The number of nitrogens with zero attached hydrogens (tertiary/aromatic N) is 1. The van der Waals surface area contributed by atoms with E-state index in [-0.39, 0.29) is 5.91 Å². The van der Waals surface area contributed by atoms with Crippen molar-refractivity contribution in [2.75, 3.05) is 32.0 Å². The SMILES string of the molecule is CN(Cc1ccc2c(c1)CCC(=O)N2)CC1CNC1. The molecule has 0 aliphatic carbocycles. The molecule has 102 valence electrons. The lowest BCUT2D eigenvalue weighted by Gasteiger charge is -2.31. The molecule has 0 unspecified atom stereocenters. The van der Waals surface area contributed by atoms with Crippen LogP contribution in [0.5, 0.6) is 0 Å². The largest absolute Gasteiger partial charge is 0.326 e. The van der Waals surface area contributed by atoms with Crippen LogP contribution in [0.4, 0.5) is 5.69 Å². The fourth-order valence-corrected chi connectivity index (χ4v) is 2.83. The molecule has 1 aromatic rings. The molecule has 3 rings (SSSR count). The first kappa shape index (κ1) is 12.6. The summed E-state index contributed by atoms with van der Waals surface area (Å²) >= 11 is 0. The van der Waals surface area contributed by atoms with E-state index >= 15 is 0 Å². The van der Waals surface area contributed by atoms with Gasteiger partial charge in [0.1, 0.15) is 0 Å². The van der Waals surface area contributed by atoms with Crippen molar-refractivity contribution in [2.45, 2.75) is 19.4 Å². The van der Waals surface area contributed by atoms with E-state index in [0.29, 0.717) is 6.42 Å². The lowest BCUT2D eigenvalue weighted by atomic mass is 9.99. The molecule has 2 aliphatic rings. The van der Waals surface area contributed by atoms with Gasteiger partial charge in [-0.2, -0.15) is 0 Å². The Hall–Kier alpha value is -1.39. The first-order valence-electron chi connectivity index (χ1n) is 7.01. The maximum atomic E-state index is 11.3. The van der Waals surface area contributed by atoms with Gasteiger partial charge in [0.15, 0.2) is 0 Å². The van der Waals surface area contributed by atoms with Gasteiger partial charge in [0.2, 0.25) is 5.91 Å². The van der Waals surface area contributed by atoms with Gasteiger partial charge in [0.05, 0.1) is 0 Å². The van der Waals surface area contributed by atoms with Crippen LogP contribution in [0.3, 0.4) is 0 Å². The van der Waals surface area contributed by atoms with Gasteiger partial charge in [-0.15, -0.1) is 0 Å². The van der Waals surface area contributed by atoms with Gasteiger partial charge < -0.3 is 15.5 Å². The smallest absolute Gasteiger partial charge is 0.224 e. The topological polar surface area (TPSA) is 44.4 Å². The van der Waals surface area contributed by atoms with Crippen molar-refractivity contribution >= 4 is 11.6 Å². The zero-order valence-corrected chi connectivity index (χ0v) is 11.4. The fourth-order valence-electron chi connectivity index (χ4n) is 2.83. The van der Waals surface area contributed by atoms with Gasteiger partial charge in [0.25, 0.3) is 0 Å². The number of anilines is 1. The van der Waals surface area contributed by atoms with Crippen LogP contribution in [-0.4, -0.2) is 37.5 Å². The summed E-state index contributed by atoms with van der Waals surface area (Å²) in [5, 5.41) is 6.24. The quantitative estimate of drug-likeness (QED) is 0.854. The highest BCUT2D eigenvalue weighted by Gasteiger charge is 2.19. The highest BCUT2D eigenvalue weighted by Crippen LogP contribution is 2.24. The normalized spacial score (nSPS) is 18.9. The molecular weight excluding hydrogens is 238 g/mol. The molecule has 0 radical (unpaired) electrons. The van der Waals surface area contributed by atoms with Crippen LogP contribution in [0.2, 0.25) is 0 Å². The molecule has 2 heterocycles. The molecule has 4 nitrogen and oxygen atoms in total. The summed E-state index contributed by atoms with van der Waals surface area (Å²) in [5.74, 6) is 0.941. The van der Waals surface area contributed by atoms with E-state index in [4.69, 9.17) is 0 Å². The number of carbonyl (C=O) groups is 1. The van der Waals surface area contributed by atoms with Gasteiger partial charge in [-0.1, -0.05) is 12.1 Å². The van der Waals surface area contributed by atoms with Crippen LogP contribution < -0.4 is 10.6 Å². The number of hydrogen-bond donors (Lipinski definition) is 2. The second kappa shape index (κ2) is 5.31. The highest BCUT2D eigenvalue weighted by atomic mass is 16.1. The Labute approximate surface area is 114 Å². The Bertz CT molecular complexity index is 482. The van der Waals surface area contributed by atoms with E-state index in [1.54, 1.807) is 0 Å². The van der Waals surface area contributed by atoms with Crippen LogP contribution in [-0.2, 0) is 17.8 Å². The lowest BCUT2D eigenvalue weighted by Crippen LogP contribution is -2.47. The molecule has 1 aromatic carbocycles. The first-order valence-corrected chi connectivity index (χ1v) is 7.01. The number of benzene rings is 1. The van der Waals surface area contributed by atoms with Crippen molar-refractivity contribution in [3.8, 4) is 0 Å². The Balaban J connectivity index is 1.63. The van der Waals surface area contributed by atoms with Crippen molar-refractivity contribution in [3.05, 3.63) is 29.3 Å². The molecule has 19 heavy (non-hydrogen) atoms. The third-order valence-corrected chi connectivity index (χ3v) is 3.95. The lowest BCUT2D eigenvalue weighted by molar-refractivity contribution is -0.116. The second-order valence-electron chi connectivity index (χ2n) is 5.76. The molecule has 4 heteroatoms. The Kier molecular flexibility index (Phi) is 3.53. The van der Waals surface area contributed by atoms with Gasteiger partial charge in [-0.3, -0.25) is 4.79 Å². The molecule has 1 fully saturated rings. The van der Waals surface area contributed by atoms with E-state index in [9.17, 15) is 4.79 Å². The molecule has 2 aliphatic heterocycles. The van der Waals surface area contributed by atoms with Crippen LogP contribution >= 0.6 is 0 Å². The van der Waals surface area contributed by atoms with E-state index in [1.807, 2.05) is 6.07 Å². The van der Waals surface area contributed by atoms with Crippen LogP contribution in [0.25, 0.3) is 0 Å². The third-order valence-electron chi connectivity index (χ3n) is 3.95. The molecule has 0 bridgehead atoms. The molecular formula is C15H21N3O. The predicted octanol–water partition coefficient (Wildman–Crippen LogP) is 1.22. The van der Waals surface area contributed by atoms with Crippen LogP contribution in [0.1, 0.15) is 17.5 Å². The fraction of sp³-hybridized carbons (Fsp3) is 0.533. The highest BCUT2D eigenvalue weighted by molar-refractivity contribution is 5.93. The van der Waals surface area contributed by atoms with E-state index < -0.39 is 0 Å². The maximum absolute atomic E-state index is 11.3. The summed E-state index contributed by atoms with van der Waals surface area (Å²) in [5.41, 5.74) is 3.60. The van der Waals surface area contributed by atoms with Crippen LogP contribution in [0.15, 0.2) is 18.2 Å². The average molecular weight is 259 g/mol. The Morgan fingerprint density at radius 3 is 2.89 bits per heavy atom. The number of nitrogens with one attached hydrogen (secondary N) is 2. The predicted molar refractivity (Wildman–Crippen MR) is 76.1 cm³/mol. The first-order chi connectivity index (χ1) is 9.20. The van der Waals surface area contributed by atoms with E-state index in [0.717, 1.165) is 44.2 Å². The number of amides is 1. The Morgan fingerprint density at radius 1 is 1.32 bits per heavy atom. The van der Waals surface area contributed by atoms with Crippen LogP contribution in [0, 0.1) is 5.92 Å². The van der Waals surface area contributed by atoms with E-state index in [2.05, 4.69) is 34.7 Å². The van der Waals surface area contributed by atoms with Gasteiger partial charge >= 0.3 is 0 Å². The zero-order chi connectivity index (χ0) is 13.2. The molecule has 0 spiro atoms. The van der Waals surface area contributed by atoms with Crippen molar-refractivity contribution < 1.29 is 4.79 Å². The Morgan fingerprint density at radius 2 is 2.16 bits per heavy atom. The van der Waals surface area contributed by atoms with Crippen molar-refractivity contribution in [1.82, 2.24) is 10.2 Å². The van der Waals surface area contributed by atoms with Crippen molar-refractivity contribution in [1.29, 1.82) is 0 Å². The number of rotatable bonds is 4. The monoisotopic (exact) mass is 259 g/mol. The van der Waals surface area contributed by atoms with Gasteiger partial charge in [-0.25, -0.2) is 0 Å². The molecule has 2 N–H and O–H groups in total. The maximum Gasteiger partial charge on any atom is 0.224 e. The molecule has 0 atom stereocenters. The summed E-state index contributed by atoms with van der Waals surface area (Å²) in [6, 6.07) is 6.41. The summed E-state index contributed by atoms with van der Waals surface area (Å²) in [6.07, 6.45) is 1.48. The molecule has 0 saturated carbocycles. The molecule has 0 aromatic heterocycles. The number of aryl methyl sites for hydroxylation is 1. The van der Waals surface area contributed by atoms with Crippen molar-refractivity contribution in [3.63, 3.8) is 0 Å². The van der Waals surface area contributed by atoms with Gasteiger partial charge in [-0.05, 0) is 36.6 Å². The summed E-state index contributed by atoms with van der Waals surface area (Å²) < 4.78 is 0. The van der Waals surface area contributed by atoms with Gasteiger partial charge in [0, 0.05) is 38.3 Å². The van der Waals surface area contributed by atoms with Crippen molar-refractivity contribution in [2.24, 2.45) is 5.92 Å². The minimum absolute atomic E-state index is 0.134. The standard InChI is InChI=1S/C15H21N3O/c1-18(10-12-7-16-8-12)9-11-2-4-14-13(6-11)3-5-15(19)17-14/h2,4,6,12,16H,3,5,7-10H2,1H3,(H,17,19). The number of fused-ring (bicyclic) bond motifs is 1. The zero-order valence-electron chi connectivity index (χ0n) is 11.4. The second-order valence-corrected chi connectivity index (χ2v) is 5.76. The summed E-state index contributed by atoms with van der Waals surface area (Å²) in [6.45, 7) is 4.44.